The van der Waals surface area contributed by atoms with Crippen LogP contribution in [-0.4, -0.2) is 17.4 Å². The molecule has 0 bridgehead atoms. The summed E-state index contributed by atoms with van der Waals surface area (Å²) < 4.78 is 0. The van der Waals surface area contributed by atoms with Gasteiger partial charge in [0.1, 0.15) is 5.03 Å². The number of nitrogens with one attached hydrogen (secondary N) is 1. The maximum absolute atomic E-state index is 11.0. The monoisotopic (exact) mass is 329 g/mol. The summed E-state index contributed by atoms with van der Waals surface area (Å²) in [7, 11) is 0. The van der Waals surface area contributed by atoms with Crippen LogP contribution in [0.15, 0.2) is 52.5 Å². The number of rotatable bonds is 8. The van der Waals surface area contributed by atoms with E-state index in [1.807, 2.05) is 6.07 Å². The predicted molar refractivity (Wildman–Crippen MR) is 94.5 cm³/mol. The molecule has 0 radical (unpaired) electrons. The second kappa shape index (κ2) is 8.70. The van der Waals surface area contributed by atoms with E-state index in [0.717, 1.165) is 28.9 Å². The van der Waals surface area contributed by atoms with Gasteiger partial charge in [-0.1, -0.05) is 37.7 Å². The molecule has 3 N–H and O–H groups in total. The van der Waals surface area contributed by atoms with E-state index in [9.17, 15) is 4.79 Å². The molecule has 0 fully saturated rings. The number of pyridine rings is 1. The number of carbonyl (C=O) groups excluding carboxylic acids is 1. The van der Waals surface area contributed by atoms with Crippen LogP contribution >= 0.6 is 11.8 Å². The fourth-order valence-corrected chi connectivity index (χ4v) is 2.76. The maximum atomic E-state index is 11.0. The summed E-state index contributed by atoms with van der Waals surface area (Å²) in [6, 6.07) is 11.9. The van der Waals surface area contributed by atoms with Crippen LogP contribution in [0.5, 0.6) is 0 Å². The lowest BCUT2D eigenvalue weighted by molar-refractivity contribution is 0.1000. The van der Waals surface area contributed by atoms with Gasteiger partial charge in [0, 0.05) is 17.6 Å². The van der Waals surface area contributed by atoms with E-state index in [0.29, 0.717) is 5.56 Å². The van der Waals surface area contributed by atoms with Crippen molar-refractivity contribution in [2.24, 2.45) is 11.7 Å². The molecule has 23 heavy (non-hydrogen) atoms. The summed E-state index contributed by atoms with van der Waals surface area (Å²) >= 11 is 1.57. The zero-order valence-electron chi connectivity index (χ0n) is 13.6. The minimum absolute atomic E-state index is 0.428. The van der Waals surface area contributed by atoms with Gasteiger partial charge in [0.05, 0.1) is 5.56 Å². The molecule has 2 aromatic rings. The summed E-state index contributed by atoms with van der Waals surface area (Å²) in [5, 5.41) is 4.30. The van der Waals surface area contributed by atoms with Gasteiger partial charge in [0.2, 0.25) is 5.91 Å². The van der Waals surface area contributed by atoms with Crippen LogP contribution in [0.1, 0.15) is 36.2 Å². The molecule has 0 saturated carbocycles. The predicted octanol–water partition coefficient (Wildman–Crippen LogP) is 3.47. The van der Waals surface area contributed by atoms with Crippen molar-refractivity contribution in [3.63, 3.8) is 0 Å². The van der Waals surface area contributed by atoms with Crippen LogP contribution in [0.3, 0.4) is 0 Å². The summed E-state index contributed by atoms with van der Waals surface area (Å²) in [6.45, 7) is 6.41. The number of primary amides is 1. The number of nitrogens with two attached hydrogens (primary N) is 1. The molecule has 0 saturated heterocycles. The van der Waals surface area contributed by atoms with E-state index in [4.69, 9.17) is 5.73 Å². The van der Waals surface area contributed by atoms with Crippen molar-refractivity contribution in [1.29, 1.82) is 0 Å². The van der Waals surface area contributed by atoms with Crippen LogP contribution in [0.2, 0.25) is 0 Å². The van der Waals surface area contributed by atoms with Crippen molar-refractivity contribution in [3.05, 3.63) is 53.7 Å². The fourth-order valence-electron chi connectivity index (χ4n) is 2.01. The van der Waals surface area contributed by atoms with E-state index in [-0.39, 0.29) is 0 Å². The Morgan fingerprint density at radius 1 is 1.22 bits per heavy atom. The molecule has 122 valence electrons. The SMILES string of the molecule is CC(C)CCNCc1ccc(Sc2ccc(C(N)=O)cn2)cc1. The van der Waals surface area contributed by atoms with Gasteiger partial charge in [-0.25, -0.2) is 4.98 Å². The van der Waals surface area contributed by atoms with Crippen molar-refractivity contribution in [3.8, 4) is 0 Å². The summed E-state index contributed by atoms with van der Waals surface area (Å²) in [5.41, 5.74) is 6.91. The Hall–Kier alpha value is -1.85. The van der Waals surface area contributed by atoms with Gasteiger partial charge < -0.3 is 11.1 Å². The molecule has 1 aromatic heterocycles. The van der Waals surface area contributed by atoms with Crippen LogP contribution in [0.4, 0.5) is 0 Å². The van der Waals surface area contributed by atoms with Gasteiger partial charge in [-0.3, -0.25) is 4.79 Å². The second-order valence-electron chi connectivity index (χ2n) is 5.85. The number of amides is 1. The van der Waals surface area contributed by atoms with Crippen molar-refractivity contribution in [2.75, 3.05) is 6.54 Å². The number of carbonyl (C=O) groups is 1. The lowest BCUT2D eigenvalue weighted by Crippen LogP contribution is -2.16. The van der Waals surface area contributed by atoms with Gasteiger partial charge in [0.15, 0.2) is 0 Å². The Morgan fingerprint density at radius 3 is 2.52 bits per heavy atom. The normalized spacial score (nSPS) is 10.9. The van der Waals surface area contributed by atoms with Crippen molar-refractivity contribution in [1.82, 2.24) is 10.3 Å². The second-order valence-corrected chi connectivity index (χ2v) is 6.95. The van der Waals surface area contributed by atoms with E-state index in [1.165, 1.54) is 18.2 Å². The van der Waals surface area contributed by atoms with E-state index in [2.05, 4.69) is 48.4 Å². The van der Waals surface area contributed by atoms with Crippen LogP contribution in [-0.2, 0) is 6.54 Å². The third kappa shape index (κ3) is 6.04. The largest absolute Gasteiger partial charge is 0.366 e. The molecule has 0 unspecified atom stereocenters. The number of hydrogen-bond donors (Lipinski definition) is 2. The first-order chi connectivity index (χ1) is 11.0. The van der Waals surface area contributed by atoms with Gasteiger partial charge in [-0.15, -0.1) is 0 Å². The minimum Gasteiger partial charge on any atom is -0.366 e. The molecule has 0 aliphatic heterocycles. The molecule has 0 aliphatic rings. The summed E-state index contributed by atoms with van der Waals surface area (Å²) in [5.74, 6) is 0.276. The molecule has 1 heterocycles. The fraction of sp³-hybridized carbons (Fsp3) is 0.333. The van der Waals surface area contributed by atoms with Gasteiger partial charge in [-0.05, 0) is 48.7 Å². The number of aromatic nitrogens is 1. The van der Waals surface area contributed by atoms with Crippen LogP contribution < -0.4 is 11.1 Å². The van der Waals surface area contributed by atoms with E-state index < -0.39 is 5.91 Å². The Bertz CT molecular complexity index is 624. The topological polar surface area (TPSA) is 68.0 Å². The first kappa shape index (κ1) is 17.5. The van der Waals surface area contributed by atoms with Gasteiger partial charge in [-0.2, -0.15) is 0 Å². The number of nitrogens with zero attached hydrogens (tertiary/aromatic N) is 1. The average molecular weight is 329 g/mol. The lowest BCUT2D eigenvalue weighted by Gasteiger charge is -2.08. The molecule has 0 aliphatic carbocycles. The molecular weight excluding hydrogens is 306 g/mol. The molecule has 5 heteroatoms. The Kier molecular flexibility index (Phi) is 6.62. The van der Waals surface area contributed by atoms with Crippen molar-refractivity contribution >= 4 is 17.7 Å². The molecule has 0 spiro atoms. The van der Waals surface area contributed by atoms with Crippen LogP contribution in [0, 0.1) is 5.92 Å². The highest BCUT2D eigenvalue weighted by Crippen LogP contribution is 2.26. The molecule has 1 amide bonds. The van der Waals surface area contributed by atoms with Gasteiger partial charge in [0.25, 0.3) is 0 Å². The first-order valence-corrected chi connectivity index (χ1v) is 8.59. The van der Waals surface area contributed by atoms with E-state index in [1.54, 1.807) is 17.8 Å². The number of hydrogen-bond acceptors (Lipinski definition) is 4. The average Bonchev–Trinajstić information content (AvgIpc) is 2.53. The minimum atomic E-state index is -0.455. The smallest absolute Gasteiger partial charge is 0.250 e. The van der Waals surface area contributed by atoms with Crippen LogP contribution in [0.25, 0.3) is 0 Å². The van der Waals surface area contributed by atoms with E-state index >= 15 is 0 Å². The molecule has 0 atom stereocenters. The Labute approximate surface area is 141 Å². The molecule has 1 aromatic carbocycles. The zero-order chi connectivity index (χ0) is 16.7. The highest BCUT2D eigenvalue weighted by Gasteiger charge is 2.03. The quantitative estimate of drug-likeness (QED) is 0.728. The molecule has 2 rings (SSSR count). The lowest BCUT2D eigenvalue weighted by atomic mass is 10.1. The third-order valence-corrected chi connectivity index (χ3v) is 4.35. The molecular formula is C18H23N3OS. The highest BCUT2D eigenvalue weighted by molar-refractivity contribution is 7.99. The summed E-state index contributed by atoms with van der Waals surface area (Å²) in [4.78, 5) is 16.4. The van der Waals surface area contributed by atoms with Gasteiger partial charge >= 0.3 is 0 Å². The maximum Gasteiger partial charge on any atom is 0.250 e. The standard InChI is InChI=1S/C18H23N3OS/c1-13(2)9-10-20-11-14-3-6-16(7-4-14)23-17-8-5-15(12-21-17)18(19)22/h3-8,12-13,20H,9-11H2,1-2H3,(H2,19,22). The molecule has 4 nitrogen and oxygen atoms in total. The Morgan fingerprint density at radius 2 is 1.96 bits per heavy atom. The van der Waals surface area contributed by atoms with Crippen molar-refractivity contribution in [2.45, 2.75) is 36.7 Å². The number of benzene rings is 1. The third-order valence-electron chi connectivity index (χ3n) is 3.39. The Balaban J connectivity index is 1.85. The summed E-state index contributed by atoms with van der Waals surface area (Å²) in [6.07, 6.45) is 2.71. The first-order valence-electron chi connectivity index (χ1n) is 7.78. The highest BCUT2D eigenvalue weighted by atomic mass is 32.2. The van der Waals surface area contributed by atoms with Crippen molar-refractivity contribution < 1.29 is 4.79 Å². The zero-order valence-corrected chi connectivity index (χ0v) is 14.4.